The zero-order valence-electron chi connectivity index (χ0n) is 16.6. The highest BCUT2D eigenvalue weighted by atomic mass is 32.1. The first-order valence-corrected chi connectivity index (χ1v) is 9.63. The lowest BCUT2D eigenvalue weighted by atomic mass is 10.1. The number of hydrogen-bond acceptors (Lipinski definition) is 8. The second kappa shape index (κ2) is 9.83. The van der Waals surface area contributed by atoms with Gasteiger partial charge in [0.25, 0.3) is 0 Å². The van der Waals surface area contributed by atoms with Crippen LogP contribution >= 0.6 is 11.3 Å². The lowest BCUT2D eigenvalue weighted by Gasteiger charge is -2.09. The summed E-state index contributed by atoms with van der Waals surface area (Å²) in [4.78, 5) is 48.3. The van der Waals surface area contributed by atoms with E-state index < -0.39 is 17.8 Å². The number of hydrogen-bond donors (Lipinski definition) is 2. The van der Waals surface area contributed by atoms with Crippen LogP contribution in [0, 0.1) is 6.92 Å². The van der Waals surface area contributed by atoms with E-state index in [1.807, 2.05) is 0 Å². The summed E-state index contributed by atoms with van der Waals surface area (Å²) in [6.07, 6.45) is 0. The number of nitrogens with one attached hydrogen (secondary N) is 2. The molecule has 1 amide bonds. The van der Waals surface area contributed by atoms with Crippen LogP contribution in [-0.4, -0.2) is 43.9 Å². The Kier molecular flexibility index (Phi) is 7.49. The fraction of sp³-hybridized carbons (Fsp3) is 0.300. The van der Waals surface area contributed by atoms with E-state index >= 15 is 0 Å². The highest BCUT2D eigenvalue weighted by Crippen LogP contribution is 2.34. The Morgan fingerprint density at radius 3 is 2.28 bits per heavy atom. The molecule has 0 saturated heterocycles. The second-order valence-corrected chi connectivity index (χ2v) is 7.03. The van der Waals surface area contributed by atoms with Crippen LogP contribution in [-0.2, 0) is 14.3 Å². The first kappa shape index (κ1) is 22.1. The molecule has 0 saturated carbocycles. The number of ketones is 1. The maximum Gasteiger partial charge on any atom is 0.341 e. The van der Waals surface area contributed by atoms with E-state index in [0.29, 0.717) is 21.7 Å². The molecule has 0 aliphatic rings. The first-order chi connectivity index (χ1) is 13.8. The summed E-state index contributed by atoms with van der Waals surface area (Å²) in [7, 11) is 1.30. The Hall–Kier alpha value is -3.20. The number of carbonyl (C=O) groups is 4. The van der Waals surface area contributed by atoms with Gasteiger partial charge in [-0.2, -0.15) is 0 Å². The normalized spacial score (nSPS) is 10.2. The van der Waals surface area contributed by atoms with Crippen molar-refractivity contribution in [3.63, 3.8) is 0 Å². The third kappa shape index (κ3) is 5.41. The van der Waals surface area contributed by atoms with Crippen molar-refractivity contribution in [3.8, 4) is 0 Å². The molecule has 1 aromatic heterocycles. The molecular weight excluding hydrogens is 396 g/mol. The van der Waals surface area contributed by atoms with Gasteiger partial charge in [-0.15, -0.1) is 11.3 Å². The van der Waals surface area contributed by atoms with E-state index in [1.54, 1.807) is 38.1 Å². The van der Waals surface area contributed by atoms with Gasteiger partial charge in [0.1, 0.15) is 5.00 Å². The number of thiophene rings is 1. The van der Waals surface area contributed by atoms with Gasteiger partial charge in [-0.3, -0.25) is 9.59 Å². The Balaban J connectivity index is 2.10. The van der Waals surface area contributed by atoms with Crippen LogP contribution in [0.25, 0.3) is 0 Å². The molecule has 2 rings (SSSR count). The molecule has 8 nitrogen and oxygen atoms in total. The van der Waals surface area contributed by atoms with Gasteiger partial charge in [0, 0.05) is 5.69 Å². The van der Waals surface area contributed by atoms with Gasteiger partial charge in [-0.25, -0.2) is 9.59 Å². The third-order valence-electron chi connectivity index (χ3n) is 3.96. The molecule has 0 fully saturated rings. The molecule has 0 aliphatic carbocycles. The average Bonchev–Trinajstić information content (AvgIpc) is 3.02. The molecule has 1 aromatic carbocycles. The molecule has 1 heterocycles. The van der Waals surface area contributed by atoms with Crippen molar-refractivity contribution in [1.82, 2.24) is 0 Å². The van der Waals surface area contributed by atoms with E-state index in [-0.39, 0.29) is 29.5 Å². The fourth-order valence-corrected chi connectivity index (χ4v) is 3.69. The predicted molar refractivity (Wildman–Crippen MR) is 110 cm³/mol. The highest BCUT2D eigenvalue weighted by molar-refractivity contribution is 7.18. The van der Waals surface area contributed by atoms with Crippen LogP contribution in [0.15, 0.2) is 24.3 Å². The summed E-state index contributed by atoms with van der Waals surface area (Å²) in [6.45, 7) is 4.83. The fourth-order valence-electron chi connectivity index (χ4n) is 2.58. The Morgan fingerprint density at radius 2 is 1.72 bits per heavy atom. The zero-order valence-corrected chi connectivity index (χ0v) is 17.4. The zero-order chi connectivity index (χ0) is 21.6. The minimum absolute atomic E-state index is 0.0772. The molecule has 0 unspecified atom stereocenters. The number of carbonyl (C=O) groups excluding carboxylic acids is 4. The molecule has 0 spiro atoms. The second-order valence-electron chi connectivity index (χ2n) is 6.01. The van der Waals surface area contributed by atoms with Crippen molar-refractivity contribution in [2.75, 3.05) is 30.9 Å². The van der Waals surface area contributed by atoms with Crippen molar-refractivity contribution in [3.05, 3.63) is 45.8 Å². The minimum Gasteiger partial charge on any atom is -0.465 e. The van der Waals surface area contributed by atoms with Crippen LogP contribution in [0.3, 0.4) is 0 Å². The first-order valence-electron chi connectivity index (χ1n) is 8.82. The molecule has 0 bridgehead atoms. The Labute approximate surface area is 172 Å². The lowest BCUT2D eigenvalue weighted by molar-refractivity contribution is -0.114. The maximum absolute atomic E-state index is 12.4. The maximum atomic E-state index is 12.4. The Bertz CT molecular complexity index is 933. The minimum atomic E-state index is -0.588. The topological polar surface area (TPSA) is 111 Å². The number of amides is 1. The number of ether oxygens (including phenoxy) is 2. The molecule has 2 aromatic rings. The van der Waals surface area contributed by atoms with Crippen LogP contribution in [0.1, 0.15) is 49.8 Å². The number of benzene rings is 1. The number of Topliss-reactive ketones (excluding diaryl/α,β-unsaturated/α-hetero) is 1. The van der Waals surface area contributed by atoms with Crippen molar-refractivity contribution in [2.24, 2.45) is 0 Å². The van der Waals surface area contributed by atoms with E-state index in [2.05, 4.69) is 15.4 Å². The van der Waals surface area contributed by atoms with Crippen molar-refractivity contribution >= 4 is 45.7 Å². The molecule has 29 heavy (non-hydrogen) atoms. The van der Waals surface area contributed by atoms with Gasteiger partial charge >= 0.3 is 11.9 Å². The van der Waals surface area contributed by atoms with Gasteiger partial charge < -0.3 is 20.1 Å². The molecule has 2 N–H and O–H groups in total. The van der Waals surface area contributed by atoms with E-state index in [9.17, 15) is 19.2 Å². The summed E-state index contributed by atoms with van der Waals surface area (Å²) >= 11 is 1.04. The van der Waals surface area contributed by atoms with Gasteiger partial charge in [0.2, 0.25) is 5.91 Å². The van der Waals surface area contributed by atoms with E-state index in [1.165, 1.54) is 14.0 Å². The summed E-state index contributed by atoms with van der Waals surface area (Å²) in [5.41, 5.74) is 1.71. The van der Waals surface area contributed by atoms with Crippen LogP contribution in [0.5, 0.6) is 0 Å². The summed E-state index contributed by atoms with van der Waals surface area (Å²) in [5.74, 6) is -1.63. The van der Waals surface area contributed by atoms with Gasteiger partial charge in [0.15, 0.2) is 5.78 Å². The largest absolute Gasteiger partial charge is 0.465 e. The quantitative estimate of drug-likeness (QED) is 0.500. The van der Waals surface area contributed by atoms with Crippen molar-refractivity contribution in [2.45, 2.75) is 20.8 Å². The summed E-state index contributed by atoms with van der Waals surface area (Å²) in [6, 6.07) is 6.44. The van der Waals surface area contributed by atoms with E-state index in [4.69, 9.17) is 4.74 Å². The number of anilines is 2. The van der Waals surface area contributed by atoms with Crippen molar-refractivity contribution < 1.29 is 28.7 Å². The van der Waals surface area contributed by atoms with Gasteiger partial charge in [-0.1, -0.05) is 0 Å². The monoisotopic (exact) mass is 418 g/mol. The smallest absolute Gasteiger partial charge is 0.341 e. The van der Waals surface area contributed by atoms with Gasteiger partial charge in [0.05, 0.1) is 36.3 Å². The number of rotatable bonds is 8. The SMILES string of the molecule is CCOC(=O)c1c(NC(=O)CNc2ccc(C(=O)OC)cc2)sc(C(C)=O)c1C. The molecular formula is C20H22N2O6S. The molecule has 0 radical (unpaired) electrons. The predicted octanol–water partition coefficient (Wildman–Crippen LogP) is 3.27. The van der Waals surface area contributed by atoms with Crippen LogP contribution in [0.2, 0.25) is 0 Å². The van der Waals surface area contributed by atoms with Crippen LogP contribution in [0.4, 0.5) is 10.7 Å². The van der Waals surface area contributed by atoms with Crippen molar-refractivity contribution in [1.29, 1.82) is 0 Å². The molecule has 154 valence electrons. The van der Waals surface area contributed by atoms with Crippen LogP contribution < -0.4 is 10.6 Å². The van der Waals surface area contributed by atoms with E-state index in [0.717, 1.165) is 11.3 Å². The molecule has 0 aliphatic heterocycles. The summed E-state index contributed by atoms with van der Waals surface area (Å²) in [5, 5.41) is 5.87. The lowest BCUT2D eigenvalue weighted by Crippen LogP contribution is -2.22. The number of esters is 2. The molecule has 9 heteroatoms. The third-order valence-corrected chi connectivity index (χ3v) is 5.27. The summed E-state index contributed by atoms with van der Waals surface area (Å²) < 4.78 is 9.68. The van der Waals surface area contributed by atoms with Gasteiger partial charge in [-0.05, 0) is 50.6 Å². The standard InChI is InChI=1S/C20H22N2O6S/c1-5-28-20(26)16-11(2)17(12(3)23)29-18(16)22-15(24)10-21-14-8-6-13(7-9-14)19(25)27-4/h6-9,21H,5,10H2,1-4H3,(H,22,24). The highest BCUT2D eigenvalue weighted by Gasteiger charge is 2.25. The molecule has 0 atom stereocenters. The number of methoxy groups -OCH3 is 1. The average molecular weight is 418 g/mol. The Morgan fingerprint density at radius 1 is 1.07 bits per heavy atom.